The number of likely N-dealkylation sites (tertiary alicyclic amines) is 1. The summed E-state index contributed by atoms with van der Waals surface area (Å²) in [7, 11) is 0. The van der Waals surface area contributed by atoms with Gasteiger partial charge in [0, 0.05) is 13.1 Å². The van der Waals surface area contributed by atoms with Crippen LogP contribution < -0.4 is 10.5 Å². The van der Waals surface area contributed by atoms with Crippen LogP contribution in [-0.2, 0) is 4.79 Å². The molecule has 1 aliphatic rings. The molecule has 1 aromatic carbocycles. The van der Waals surface area contributed by atoms with Gasteiger partial charge >= 0.3 is 0 Å². The highest BCUT2D eigenvalue weighted by atomic mass is 16.5. The van der Waals surface area contributed by atoms with Gasteiger partial charge in [-0.3, -0.25) is 4.79 Å². The Balaban J connectivity index is 1.71. The number of hydrogen-bond donors (Lipinski definition) is 1. The van der Waals surface area contributed by atoms with Crippen LogP contribution in [0, 0.1) is 5.41 Å². The largest absolute Gasteiger partial charge is 0.493 e. The standard InChI is InChI=1S/C16H24N2O2/c1-16(13-17)8-10-18(11-9-16)15(19)7-12-20-14-5-3-2-4-6-14/h2-6H,7-13,17H2,1H3. The van der Waals surface area contributed by atoms with Gasteiger partial charge in [0.1, 0.15) is 5.75 Å². The number of carbonyl (C=O) groups excluding carboxylic acids is 1. The van der Waals surface area contributed by atoms with Gasteiger partial charge in [-0.2, -0.15) is 0 Å². The highest BCUT2D eigenvalue weighted by Crippen LogP contribution is 2.29. The fraction of sp³-hybridized carbons (Fsp3) is 0.562. The van der Waals surface area contributed by atoms with E-state index in [0.717, 1.165) is 31.7 Å². The van der Waals surface area contributed by atoms with Crippen molar-refractivity contribution in [2.45, 2.75) is 26.2 Å². The van der Waals surface area contributed by atoms with Crippen LogP contribution in [0.15, 0.2) is 30.3 Å². The molecule has 110 valence electrons. The van der Waals surface area contributed by atoms with Crippen molar-refractivity contribution in [3.05, 3.63) is 30.3 Å². The molecule has 0 radical (unpaired) electrons. The van der Waals surface area contributed by atoms with Gasteiger partial charge < -0.3 is 15.4 Å². The average molecular weight is 276 g/mol. The number of nitrogens with zero attached hydrogens (tertiary/aromatic N) is 1. The third-order valence-electron chi connectivity index (χ3n) is 4.14. The van der Waals surface area contributed by atoms with Crippen LogP contribution in [-0.4, -0.2) is 37.0 Å². The maximum atomic E-state index is 12.1. The van der Waals surface area contributed by atoms with Crippen LogP contribution in [0.3, 0.4) is 0 Å². The summed E-state index contributed by atoms with van der Waals surface area (Å²) in [6, 6.07) is 9.60. The van der Waals surface area contributed by atoms with E-state index in [0.29, 0.717) is 19.6 Å². The van der Waals surface area contributed by atoms with Crippen LogP contribution in [0.1, 0.15) is 26.2 Å². The van der Waals surface area contributed by atoms with Crippen molar-refractivity contribution < 1.29 is 9.53 Å². The number of para-hydroxylation sites is 1. The quantitative estimate of drug-likeness (QED) is 0.895. The average Bonchev–Trinajstić information content (AvgIpc) is 2.49. The Bertz CT molecular complexity index is 425. The van der Waals surface area contributed by atoms with Gasteiger partial charge in [0.05, 0.1) is 13.0 Å². The Morgan fingerprint density at radius 1 is 1.30 bits per heavy atom. The highest BCUT2D eigenvalue weighted by Gasteiger charge is 2.30. The lowest BCUT2D eigenvalue weighted by molar-refractivity contribution is -0.133. The fourth-order valence-corrected chi connectivity index (χ4v) is 2.43. The van der Waals surface area contributed by atoms with E-state index < -0.39 is 0 Å². The second kappa shape index (κ2) is 6.75. The molecular formula is C16H24N2O2. The molecule has 1 fully saturated rings. The zero-order valence-corrected chi connectivity index (χ0v) is 12.2. The van der Waals surface area contributed by atoms with Gasteiger partial charge in [-0.05, 0) is 36.9 Å². The maximum Gasteiger partial charge on any atom is 0.225 e. The summed E-state index contributed by atoms with van der Waals surface area (Å²) >= 11 is 0. The first-order chi connectivity index (χ1) is 9.63. The summed E-state index contributed by atoms with van der Waals surface area (Å²) in [5.41, 5.74) is 5.99. The zero-order valence-electron chi connectivity index (χ0n) is 12.2. The Labute approximate surface area is 120 Å². The van der Waals surface area contributed by atoms with Gasteiger partial charge in [-0.1, -0.05) is 25.1 Å². The van der Waals surface area contributed by atoms with Crippen LogP contribution in [0.2, 0.25) is 0 Å². The van der Waals surface area contributed by atoms with Gasteiger partial charge in [0.15, 0.2) is 0 Å². The molecule has 4 heteroatoms. The minimum atomic E-state index is 0.181. The van der Waals surface area contributed by atoms with Crippen molar-refractivity contribution in [1.82, 2.24) is 4.90 Å². The van der Waals surface area contributed by atoms with E-state index in [4.69, 9.17) is 10.5 Å². The van der Waals surface area contributed by atoms with Crippen molar-refractivity contribution in [2.24, 2.45) is 11.1 Å². The summed E-state index contributed by atoms with van der Waals surface area (Å²) < 4.78 is 5.56. The van der Waals surface area contributed by atoms with Crippen LogP contribution >= 0.6 is 0 Å². The highest BCUT2D eigenvalue weighted by molar-refractivity contribution is 5.76. The molecule has 20 heavy (non-hydrogen) atoms. The molecule has 1 aromatic rings. The van der Waals surface area contributed by atoms with E-state index in [1.54, 1.807) is 0 Å². The lowest BCUT2D eigenvalue weighted by atomic mass is 9.80. The van der Waals surface area contributed by atoms with Gasteiger partial charge in [0.2, 0.25) is 5.91 Å². The number of nitrogens with two attached hydrogens (primary N) is 1. The van der Waals surface area contributed by atoms with E-state index in [2.05, 4.69) is 6.92 Å². The number of rotatable bonds is 5. The fourth-order valence-electron chi connectivity index (χ4n) is 2.43. The molecule has 1 heterocycles. The summed E-state index contributed by atoms with van der Waals surface area (Å²) in [6.45, 7) is 4.97. The lowest BCUT2D eigenvalue weighted by Crippen LogP contribution is -2.45. The second-order valence-corrected chi connectivity index (χ2v) is 5.81. The molecule has 4 nitrogen and oxygen atoms in total. The van der Waals surface area contributed by atoms with Crippen molar-refractivity contribution in [2.75, 3.05) is 26.2 Å². The smallest absolute Gasteiger partial charge is 0.225 e. The van der Waals surface area contributed by atoms with E-state index in [-0.39, 0.29) is 11.3 Å². The summed E-state index contributed by atoms with van der Waals surface area (Å²) in [5.74, 6) is 0.995. The predicted molar refractivity (Wildman–Crippen MR) is 79.5 cm³/mol. The predicted octanol–water partition coefficient (Wildman–Crippen LogP) is 2.04. The summed E-state index contributed by atoms with van der Waals surface area (Å²) in [4.78, 5) is 14.0. The molecule has 0 aliphatic carbocycles. The Morgan fingerprint density at radius 3 is 2.55 bits per heavy atom. The SMILES string of the molecule is CC1(CN)CCN(C(=O)CCOc2ccccc2)CC1. The van der Waals surface area contributed by atoms with E-state index in [1.807, 2.05) is 35.2 Å². The lowest BCUT2D eigenvalue weighted by Gasteiger charge is -2.38. The molecule has 1 saturated heterocycles. The molecule has 0 unspecified atom stereocenters. The molecule has 0 spiro atoms. The van der Waals surface area contributed by atoms with Crippen LogP contribution in [0.25, 0.3) is 0 Å². The van der Waals surface area contributed by atoms with Gasteiger partial charge in [-0.15, -0.1) is 0 Å². The van der Waals surface area contributed by atoms with Crippen LogP contribution in [0.5, 0.6) is 5.75 Å². The molecule has 0 atom stereocenters. The maximum absolute atomic E-state index is 12.1. The minimum absolute atomic E-state index is 0.181. The van der Waals surface area contributed by atoms with E-state index in [9.17, 15) is 4.79 Å². The minimum Gasteiger partial charge on any atom is -0.493 e. The topological polar surface area (TPSA) is 55.6 Å². The number of carbonyl (C=O) groups is 1. The second-order valence-electron chi connectivity index (χ2n) is 5.81. The molecule has 2 N–H and O–H groups in total. The third-order valence-corrected chi connectivity index (χ3v) is 4.14. The monoisotopic (exact) mass is 276 g/mol. The van der Waals surface area contributed by atoms with Crippen LogP contribution in [0.4, 0.5) is 0 Å². The molecule has 0 saturated carbocycles. The number of piperidine rings is 1. The number of hydrogen-bond acceptors (Lipinski definition) is 3. The summed E-state index contributed by atoms with van der Waals surface area (Å²) in [6.07, 6.45) is 2.43. The molecule has 1 aliphatic heterocycles. The van der Waals surface area contributed by atoms with E-state index in [1.165, 1.54) is 0 Å². The van der Waals surface area contributed by atoms with Crippen molar-refractivity contribution >= 4 is 5.91 Å². The van der Waals surface area contributed by atoms with Crippen molar-refractivity contribution in [3.8, 4) is 5.75 Å². The van der Waals surface area contributed by atoms with Gasteiger partial charge in [0.25, 0.3) is 0 Å². The Morgan fingerprint density at radius 2 is 1.95 bits per heavy atom. The number of benzene rings is 1. The first-order valence-electron chi connectivity index (χ1n) is 7.29. The molecule has 0 aromatic heterocycles. The molecular weight excluding hydrogens is 252 g/mol. The van der Waals surface area contributed by atoms with Crippen molar-refractivity contribution in [3.63, 3.8) is 0 Å². The summed E-state index contributed by atoms with van der Waals surface area (Å²) in [5, 5.41) is 0. The first-order valence-corrected chi connectivity index (χ1v) is 7.29. The Hall–Kier alpha value is -1.55. The van der Waals surface area contributed by atoms with Gasteiger partial charge in [-0.25, -0.2) is 0 Å². The normalized spacial score (nSPS) is 17.8. The van der Waals surface area contributed by atoms with Crippen molar-refractivity contribution in [1.29, 1.82) is 0 Å². The molecule has 2 rings (SSSR count). The number of amides is 1. The third kappa shape index (κ3) is 3.97. The van der Waals surface area contributed by atoms with E-state index >= 15 is 0 Å². The number of ether oxygens (including phenoxy) is 1. The first kappa shape index (κ1) is 14.9. The zero-order chi connectivity index (χ0) is 14.4. The molecule has 0 bridgehead atoms. The molecule has 1 amide bonds. The Kier molecular flexibility index (Phi) is 5.01.